The number of benzene rings is 1. The number of piperidine rings is 1. The molecule has 0 radical (unpaired) electrons. The molecular weight excluding hydrogens is 362 g/mol. The van der Waals surface area contributed by atoms with Gasteiger partial charge in [-0.25, -0.2) is 9.98 Å². The van der Waals surface area contributed by atoms with Crippen molar-refractivity contribution in [1.82, 2.24) is 20.5 Å². The number of oxazole rings is 1. The number of aromatic nitrogens is 1. The lowest BCUT2D eigenvalue weighted by Crippen LogP contribution is -2.48. The third-order valence-corrected chi connectivity index (χ3v) is 5.36. The number of aliphatic imine (C=N–C) groups is 1. The molecule has 2 N–H and O–H groups in total. The Labute approximate surface area is 174 Å². The molecule has 6 nitrogen and oxygen atoms in total. The van der Waals surface area contributed by atoms with Crippen LogP contribution in [0.1, 0.15) is 51.0 Å². The molecule has 1 saturated heterocycles. The Bertz CT molecular complexity index is 760. The molecule has 0 saturated carbocycles. The summed E-state index contributed by atoms with van der Waals surface area (Å²) in [5.41, 5.74) is 2.27. The molecule has 0 amide bonds. The number of rotatable bonds is 8. The summed E-state index contributed by atoms with van der Waals surface area (Å²) in [6.07, 6.45) is 6.65. The highest BCUT2D eigenvalue weighted by atomic mass is 16.4. The minimum Gasteiger partial charge on any atom is -0.439 e. The fraction of sp³-hybridized carbons (Fsp3) is 0.565. The van der Waals surface area contributed by atoms with Crippen LogP contribution in [-0.4, -0.2) is 48.1 Å². The fourth-order valence-corrected chi connectivity index (χ4v) is 3.58. The zero-order valence-electron chi connectivity index (χ0n) is 18.1. The van der Waals surface area contributed by atoms with Crippen molar-refractivity contribution in [3.05, 3.63) is 41.9 Å². The van der Waals surface area contributed by atoms with Crippen LogP contribution in [-0.2, 0) is 6.54 Å². The summed E-state index contributed by atoms with van der Waals surface area (Å²) >= 11 is 0. The van der Waals surface area contributed by atoms with Crippen molar-refractivity contribution in [3.63, 3.8) is 0 Å². The lowest BCUT2D eigenvalue weighted by Gasteiger charge is -2.33. The molecule has 1 aromatic heterocycles. The van der Waals surface area contributed by atoms with Crippen LogP contribution in [0.15, 0.2) is 39.9 Å². The lowest BCUT2D eigenvalue weighted by molar-refractivity contribution is 0.203. The normalized spacial score (nSPS) is 16.2. The number of hydrogen-bond donors (Lipinski definition) is 2. The lowest BCUT2D eigenvalue weighted by atomic mass is 10.0. The number of nitrogens with zero attached hydrogens (tertiary/aromatic N) is 3. The van der Waals surface area contributed by atoms with Gasteiger partial charge >= 0.3 is 0 Å². The second-order valence-electron chi connectivity index (χ2n) is 7.79. The molecule has 0 aliphatic carbocycles. The van der Waals surface area contributed by atoms with E-state index >= 15 is 0 Å². The van der Waals surface area contributed by atoms with Crippen molar-refractivity contribution in [2.24, 2.45) is 4.99 Å². The van der Waals surface area contributed by atoms with Gasteiger partial charge in [-0.1, -0.05) is 43.2 Å². The van der Waals surface area contributed by atoms with Crippen LogP contribution in [0.5, 0.6) is 0 Å². The quantitative estimate of drug-likeness (QED) is 0.521. The Morgan fingerprint density at radius 2 is 1.97 bits per heavy atom. The van der Waals surface area contributed by atoms with Gasteiger partial charge in [0.25, 0.3) is 0 Å². The Balaban J connectivity index is 1.54. The first kappa shape index (κ1) is 21.4. The predicted octanol–water partition coefficient (Wildman–Crippen LogP) is 3.97. The molecule has 29 heavy (non-hydrogen) atoms. The summed E-state index contributed by atoms with van der Waals surface area (Å²) < 4.78 is 5.90. The highest BCUT2D eigenvalue weighted by Gasteiger charge is 2.19. The summed E-state index contributed by atoms with van der Waals surface area (Å²) in [7, 11) is 0. The number of unbranched alkanes of at least 4 members (excludes halogenated alkanes) is 1. The van der Waals surface area contributed by atoms with Gasteiger partial charge in [-0.3, -0.25) is 0 Å². The van der Waals surface area contributed by atoms with Gasteiger partial charge in [-0.05, 0) is 39.7 Å². The largest absolute Gasteiger partial charge is 0.439 e. The van der Waals surface area contributed by atoms with E-state index in [1.165, 1.54) is 24.9 Å². The van der Waals surface area contributed by atoms with Crippen LogP contribution >= 0.6 is 0 Å². The number of nitrogens with one attached hydrogen (secondary N) is 2. The minimum atomic E-state index is 0.427. The molecule has 3 rings (SSSR count). The van der Waals surface area contributed by atoms with Crippen molar-refractivity contribution in [2.75, 3.05) is 26.2 Å². The van der Waals surface area contributed by atoms with Crippen LogP contribution in [0.25, 0.3) is 11.3 Å². The molecule has 2 heterocycles. The third-order valence-electron chi connectivity index (χ3n) is 5.36. The van der Waals surface area contributed by atoms with E-state index in [2.05, 4.69) is 65.6 Å². The van der Waals surface area contributed by atoms with Crippen molar-refractivity contribution in [1.29, 1.82) is 0 Å². The minimum absolute atomic E-state index is 0.427. The molecule has 0 unspecified atom stereocenters. The average Bonchev–Trinajstić information content (AvgIpc) is 3.21. The van der Waals surface area contributed by atoms with E-state index in [1.54, 1.807) is 6.20 Å². The molecular formula is C23H35N5O. The zero-order chi connectivity index (χ0) is 20.5. The van der Waals surface area contributed by atoms with E-state index in [1.807, 2.05) is 0 Å². The molecule has 0 bridgehead atoms. The van der Waals surface area contributed by atoms with Gasteiger partial charge in [0.1, 0.15) is 6.54 Å². The molecule has 1 aliphatic heterocycles. The van der Waals surface area contributed by atoms with Gasteiger partial charge in [0.15, 0.2) is 11.7 Å². The number of aryl methyl sites for hydroxylation is 1. The van der Waals surface area contributed by atoms with Gasteiger partial charge in [0.2, 0.25) is 5.89 Å². The van der Waals surface area contributed by atoms with Crippen LogP contribution in [0.2, 0.25) is 0 Å². The topological polar surface area (TPSA) is 65.7 Å². The summed E-state index contributed by atoms with van der Waals surface area (Å²) in [5, 5.41) is 6.94. The first-order chi connectivity index (χ1) is 14.2. The maximum Gasteiger partial charge on any atom is 0.216 e. The second kappa shape index (κ2) is 11.0. The van der Waals surface area contributed by atoms with Gasteiger partial charge in [0, 0.05) is 31.2 Å². The number of hydrogen-bond acceptors (Lipinski definition) is 4. The summed E-state index contributed by atoms with van der Waals surface area (Å²) in [6.45, 7) is 11.2. The van der Waals surface area contributed by atoms with E-state index in [0.29, 0.717) is 18.5 Å². The second-order valence-corrected chi connectivity index (χ2v) is 7.79. The number of guanidine groups is 1. The SMILES string of the molecule is CCCCN1CCC(NC(=NCc2ncc(-c3ccc(C)cc3)o2)NCC)CC1. The highest BCUT2D eigenvalue weighted by Crippen LogP contribution is 2.21. The predicted molar refractivity (Wildman–Crippen MR) is 119 cm³/mol. The Kier molecular flexibility index (Phi) is 8.11. The van der Waals surface area contributed by atoms with Crippen LogP contribution in [0.3, 0.4) is 0 Å². The van der Waals surface area contributed by atoms with Crippen molar-refractivity contribution < 1.29 is 4.42 Å². The van der Waals surface area contributed by atoms with E-state index in [9.17, 15) is 0 Å². The summed E-state index contributed by atoms with van der Waals surface area (Å²) in [5.74, 6) is 2.26. The van der Waals surface area contributed by atoms with Crippen molar-refractivity contribution >= 4 is 5.96 Å². The third kappa shape index (κ3) is 6.60. The van der Waals surface area contributed by atoms with Gasteiger partial charge in [-0.15, -0.1) is 0 Å². The maximum absolute atomic E-state index is 5.90. The molecule has 0 spiro atoms. The van der Waals surface area contributed by atoms with E-state index in [0.717, 1.165) is 49.8 Å². The molecule has 1 fully saturated rings. The molecule has 1 aromatic carbocycles. The van der Waals surface area contributed by atoms with Gasteiger partial charge < -0.3 is 20.0 Å². The van der Waals surface area contributed by atoms with Crippen LogP contribution in [0.4, 0.5) is 0 Å². The zero-order valence-corrected chi connectivity index (χ0v) is 18.1. The average molecular weight is 398 g/mol. The highest BCUT2D eigenvalue weighted by molar-refractivity contribution is 5.80. The monoisotopic (exact) mass is 397 g/mol. The first-order valence-corrected chi connectivity index (χ1v) is 11.0. The molecule has 2 aromatic rings. The van der Waals surface area contributed by atoms with Gasteiger partial charge in [-0.2, -0.15) is 0 Å². The summed E-state index contributed by atoms with van der Waals surface area (Å²) in [4.78, 5) is 11.7. The van der Waals surface area contributed by atoms with E-state index < -0.39 is 0 Å². The maximum atomic E-state index is 5.90. The number of likely N-dealkylation sites (tertiary alicyclic amines) is 1. The van der Waals surface area contributed by atoms with Crippen molar-refractivity contribution in [2.45, 2.75) is 59.0 Å². The Morgan fingerprint density at radius 1 is 1.21 bits per heavy atom. The van der Waals surface area contributed by atoms with Gasteiger partial charge in [0.05, 0.1) is 6.20 Å². The van der Waals surface area contributed by atoms with Crippen LogP contribution < -0.4 is 10.6 Å². The first-order valence-electron chi connectivity index (χ1n) is 11.0. The smallest absolute Gasteiger partial charge is 0.216 e. The molecule has 1 aliphatic rings. The van der Waals surface area contributed by atoms with E-state index in [4.69, 9.17) is 9.41 Å². The molecule has 6 heteroatoms. The fourth-order valence-electron chi connectivity index (χ4n) is 3.58. The standard InChI is InChI=1S/C23H35N5O/c1-4-6-13-28-14-11-20(12-15-28)27-23(24-5-2)26-17-22-25-16-21(29-22)19-9-7-18(3)8-10-19/h7-10,16,20H,4-6,11-15,17H2,1-3H3,(H2,24,26,27). The Hall–Kier alpha value is -2.34. The molecule has 0 atom stereocenters. The molecule has 158 valence electrons. The summed E-state index contributed by atoms with van der Waals surface area (Å²) in [6, 6.07) is 8.74. The Morgan fingerprint density at radius 3 is 2.66 bits per heavy atom. The van der Waals surface area contributed by atoms with Crippen molar-refractivity contribution in [3.8, 4) is 11.3 Å². The van der Waals surface area contributed by atoms with E-state index in [-0.39, 0.29) is 0 Å². The van der Waals surface area contributed by atoms with Crippen LogP contribution in [0, 0.1) is 6.92 Å².